The minimum Gasteiger partial charge on any atom is -0.473 e. The van der Waals surface area contributed by atoms with Crippen molar-refractivity contribution in [3.63, 3.8) is 0 Å². The summed E-state index contributed by atoms with van der Waals surface area (Å²) in [5.74, 6) is -1.98. The van der Waals surface area contributed by atoms with Crippen LogP contribution in [0.3, 0.4) is 0 Å². The van der Waals surface area contributed by atoms with Gasteiger partial charge < -0.3 is 15.1 Å². The summed E-state index contributed by atoms with van der Waals surface area (Å²) in [5, 5.41) is 15.6. The van der Waals surface area contributed by atoms with E-state index in [2.05, 4.69) is 17.0 Å². The van der Waals surface area contributed by atoms with Crippen molar-refractivity contribution in [2.24, 2.45) is 5.92 Å². The molecule has 5 nitrogen and oxygen atoms in total. The van der Waals surface area contributed by atoms with Gasteiger partial charge in [0.1, 0.15) is 0 Å². The van der Waals surface area contributed by atoms with E-state index in [9.17, 15) is 0 Å². The molecule has 0 saturated carbocycles. The van der Waals surface area contributed by atoms with E-state index < -0.39 is 11.9 Å². The zero-order valence-corrected chi connectivity index (χ0v) is 12.3. The van der Waals surface area contributed by atoms with E-state index in [0.29, 0.717) is 0 Å². The second kappa shape index (κ2) is 6.91. The van der Waals surface area contributed by atoms with Gasteiger partial charge >= 0.3 is 11.9 Å². The normalized spacial score (nSPS) is 26.6. The minimum atomic E-state index is -1.82. The van der Waals surface area contributed by atoms with Gasteiger partial charge in [-0.25, -0.2) is 9.59 Å². The van der Waals surface area contributed by atoms with Gasteiger partial charge in [-0.15, -0.1) is 0 Å². The highest BCUT2D eigenvalue weighted by Gasteiger charge is 2.34. The molecule has 0 aromatic heterocycles. The summed E-state index contributed by atoms with van der Waals surface area (Å²) in [4.78, 5) is 20.8. The molecule has 114 valence electrons. The molecule has 0 amide bonds. The number of rotatable bonds is 1. The van der Waals surface area contributed by atoms with Crippen LogP contribution in [0.5, 0.6) is 0 Å². The number of hydrogen-bond acceptors (Lipinski definition) is 3. The topological polar surface area (TPSA) is 77.8 Å². The highest BCUT2D eigenvalue weighted by Crippen LogP contribution is 2.38. The Labute approximate surface area is 128 Å². The Morgan fingerprint density at radius 3 is 1.95 bits per heavy atom. The van der Waals surface area contributed by atoms with Crippen molar-refractivity contribution in [2.75, 3.05) is 19.6 Å². The number of halogens is 1. The molecule has 2 bridgehead atoms. The molecular weight excluding hydrogens is 294 g/mol. The van der Waals surface area contributed by atoms with E-state index >= 15 is 0 Å². The number of carbonyl (C=O) groups is 2. The summed E-state index contributed by atoms with van der Waals surface area (Å²) in [7, 11) is 0. The Hall–Kier alpha value is -1.59. The standard InChI is InChI=1S/C13H16ClN.C2H2O4/c14-12-3-1-10(2-4-12)13-9-15-7-5-11(13)6-8-15;3-1(4)2(5)6/h1-4,11,13H,5-9H2;(H,3,4)(H,5,6). The fourth-order valence-electron chi connectivity index (χ4n) is 3.05. The first-order valence-electron chi connectivity index (χ1n) is 6.91. The van der Waals surface area contributed by atoms with Crippen molar-refractivity contribution >= 4 is 23.5 Å². The van der Waals surface area contributed by atoms with Crippen LogP contribution in [0.4, 0.5) is 0 Å². The van der Waals surface area contributed by atoms with E-state index in [1.807, 2.05) is 12.1 Å². The Bertz CT molecular complexity index is 497. The summed E-state index contributed by atoms with van der Waals surface area (Å²) in [6, 6.07) is 8.45. The van der Waals surface area contributed by atoms with Crippen LogP contribution in [0.2, 0.25) is 5.02 Å². The third-order valence-electron chi connectivity index (χ3n) is 4.14. The van der Waals surface area contributed by atoms with Crippen LogP contribution in [0.25, 0.3) is 0 Å². The maximum atomic E-state index is 9.10. The lowest BCUT2D eigenvalue weighted by Crippen LogP contribution is -2.46. The Balaban J connectivity index is 0.000000232. The van der Waals surface area contributed by atoms with Crippen molar-refractivity contribution in [2.45, 2.75) is 18.8 Å². The summed E-state index contributed by atoms with van der Waals surface area (Å²) in [6.45, 7) is 3.88. The van der Waals surface area contributed by atoms with Crippen molar-refractivity contribution < 1.29 is 19.8 Å². The number of nitrogens with zero attached hydrogens (tertiary/aromatic N) is 1. The maximum Gasteiger partial charge on any atom is 0.414 e. The summed E-state index contributed by atoms with van der Waals surface area (Å²) < 4.78 is 0. The number of fused-ring (bicyclic) bond motifs is 3. The third-order valence-corrected chi connectivity index (χ3v) is 4.39. The third kappa shape index (κ3) is 4.19. The van der Waals surface area contributed by atoms with Crippen LogP contribution in [-0.4, -0.2) is 46.7 Å². The first-order valence-corrected chi connectivity index (χ1v) is 7.29. The zero-order valence-electron chi connectivity index (χ0n) is 11.5. The first kappa shape index (κ1) is 15.8. The van der Waals surface area contributed by atoms with Gasteiger partial charge in [-0.3, -0.25) is 0 Å². The van der Waals surface area contributed by atoms with E-state index in [1.54, 1.807) is 0 Å². The second-order valence-corrected chi connectivity index (χ2v) is 5.84. The number of aliphatic carboxylic acids is 2. The van der Waals surface area contributed by atoms with Crippen molar-refractivity contribution in [1.82, 2.24) is 4.90 Å². The largest absolute Gasteiger partial charge is 0.473 e. The Morgan fingerprint density at radius 2 is 1.57 bits per heavy atom. The van der Waals surface area contributed by atoms with Crippen LogP contribution in [0.15, 0.2) is 24.3 Å². The van der Waals surface area contributed by atoms with Crippen LogP contribution in [0, 0.1) is 5.92 Å². The summed E-state index contributed by atoms with van der Waals surface area (Å²) in [6.07, 6.45) is 2.76. The van der Waals surface area contributed by atoms with Gasteiger partial charge in [0, 0.05) is 11.6 Å². The van der Waals surface area contributed by atoms with Crippen molar-refractivity contribution in [1.29, 1.82) is 0 Å². The van der Waals surface area contributed by atoms with Gasteiger partial charge in [-0.05, 0) is 55.5 Å². The molecule has 1 atom stereocenters. The molecule has 3 aliphatic heterocycles. The lowest BCUT2D eigenvalue weighted by molar-refractivity contribution is -0.159. The molecule has 1 unspecified atom stereocenters. The predicted molar refractivity (Wildman–Crippen MR) is 78.6 cm³/mol. The van der Waals surface area contributed by atoms with Crippen molar-refractivity contribution in [3.8, 4) is 0 Å². The average molecular weight is 312 g/mol. The number of hydrogen-bond donors (Lipinski definition) is 2. The summed E-state index contributed by atoms with van der Waals surface area (Å²) >= 11 is 5.92. The van der Waals surface area contributed by atoms with Crippen LogP contribution >= 0.6 is 11.6 Å². The smallest absolute Gasteiger partial charge is 0.414 e. The SMILES string of the molecule is Clc1ccc(C2CN3CCC2CC3)cc1.O=C(O)C(=O)O. The Morgan fingerprint density at radius 1 is 1.05 bits per heavy atom. The quantitative estimate of drug-likeness (QED) is 0.778. The van der Waals surface area contributed by atoms with Gasteiger partial charge in [-0.2, -0.15) is 0 Å². The van der Waals surface area contributed by atoms with Gasteiger partial charge in [0.15, 0.2) is 0 Å². The van der Waals surface area contributed by atoms with Crippen LogP contribution < -0.4 is 0 Å². The first-order chi connectivity index (χ1) is 9.97. The molecule has 1 aromatic carbocycles. The molecule has 0 spiro atoms. The predicted octanol–water partition coefficient (Wildman–Crippen LogP) is 2.30. The summed E-state index contributed by atoms with van der Waals surface area (Å²) in [5.41, 5.74) is 1.48. The van der Waals surface area contributed by atoms with Crippen molar-refractivity contribution in [3.05, 3.63) is 34.9 Å². The molecule has 21 heavy (non-hydrogen) atoms. The van der Waals surface area contributed by atoms with Crippen LogP contribution in [-0.2, 0) is 9.59 Å². The lowest BCUT2D eigenvalue weighted by atomic mass is 9.75. The van der Waals surface area contributed by atoms with E-state index in [4.69, 9.17) is 31.4 Å². The molecule has 3 fully saturated rings. The molecule has 0 aliphatic carbocycles. The van der Waals surface area contributed by atoms with Gasteiger partial charge in [0.05, 0.1) is 0 Å². The lowest BCUT2D eigenvalue weighted by Gasteiger charge is -2.45. The Kier molecular flexibility index (Phi) is 5.20. The van der Waals surface area contributed by atoms with Gasteiger partial charge in [-0.1, -0.05) is 23.7 Å². The van der Waals surface area contributed by atoms with E-state index in [0.717, 1.165) is 16.9 Å². The molecular formula is C15H18ClNO4. The highest BCUT2D eigenvalue weighted by atomic mass is 35.5. The minimum absolute atomic E-state index is 0.754. The molecule has 0 radical (unpaired) electrons. The molecule has 3 aliphatic rings. The molecule has 3 saturated heterocycles. The average Bonchev–Trinajstić information content (AvgIpc) is 2.49. The molecule has 1 aromatic rings. The molecule has 6 heteroatoms. The number of carboxylic acids is 2. The van der Waals surface area contributed by atoms with Crippen LogP contribution in [0.1, 0.15) is 24.3 Å². The van der Waals surface area contributed by atoms with Gasteiger partial charge in [0.2, 0.25) is 0 Å². The fraction of sp³-hybridized carbons (Fsp3) is 0.467. The highest BCUT2D eigenvalue weighted by molar-refractivity contribution is 6.30. The zero-order chi connectivity index (χ0) is 15.4. The number of piperidine rings is 3. The number of carboxylic acid groups (broad SMARTS) is 2. The monoisotopic (exact) mass is 311 g/mol. The molecule has 4 rings (SSSR count). The fourth-order valence-corrected chi connectivity index (χ4v) is 3.18. The van der Waals surface area contributed by atoms with E-state index in [1.165, 1.54) is 38.0 Å². The maximum absolute atomic E-state index is 9.10. The van der Waals surface area contributed by atoms with E-state index in [-0.39, 0.29) is 0 Å². The van der Waals surface area contributed by atoms with Gasteiger partial charge in [0.25, 0.3) is 0 Å². The molecule has 2 N–H and O–H groups in total. The second-order valence-electron chi connectivity index (χ2n) is 5.41. The molecule has 3 heterocycles. The number of benzene rings is 1.